The van der Waals surface area contributed by atoms with Crippen LogP contribution in [0.1, 0.15) is 61.8 Å². The zero-order chi connectivity index (χ0) is 12.6. The van der Waals surface area contributed by atoms with E-state index in [1.165, 1.54) is 12.0 Å². The molecule has 0 atom stereocenters. The van der Waals surface area contributed by atoms with Gasteiger partial charge in [-0.3, -0.25) is 0 Å². The maximum absolute atomic E-state index is 3.95. The largest absolute Gasteiger partial charge is 0.0993 e. The Bertz CT molecular complexity index is 133. The summed E-state index contributed by atoms with van der Waals surface area (Å²) in [6, 6.07) is 0. The molecule has 0 aromatic rings. The summed E-state index contributed by atoms with van der Waals surface area (Å²) in [4.78, 5) is 0. The minimum atomic E-state index is 0.648. The van der Waals surface area contributed by atoms with Crippen molar-refractivity contribution in [1.29, 1.82) is 0 Å². The van der Waals surface area contributed by atoms with E-state index in [0.29, 0.717) is 11.8 Å². The van der Waals surface area contributed by atoms with Crippen LogP contribution in [0.4, 0.5) is 0 Å². The third kappa shape index (κ3) is 13.7. The minimum absolute atomic E-state index is 0.648. The Morgan fingerprint density at radius 3 is 1.00 bits per heavy atom. The molecule has 0 saturated carbocycles. The Hall–Kier alpha value is -0.260. The first-order chi connectivity index (χ1) is 6.68. The highest BCUT2D eigenvalue weighted by Crippen LogP contribution is 2.15. The van der Waals surface area contributed by atoms with E-state index in [1.807, 2.05) is 0 Å². The SMILES string of the molecule is C=C(C(C)C)C(C)C.CC(C)CC(C)C. The molecule has 0 aliphatic rings. The Kier molecular flexibility index (Phi) is 10.3. The number of hydrogen-bond acceptors (Lipinski definition) is 0. The molecule has 92 valence electrons. The molecule has 0 saturated heterocycles. The molecule has 0 radical (unpaired) electrons. The van der Waals surface area contributed by atoms with Crippen molar-refractivity contribution >= 4 is 0 Å². The van der Waals surface area contributed by atoms with Gasteiger partial charge in [0.25, 0.3) is 0 Å². The molecular weight excluding hydrogens is 180 g/mol. The molecule has 0 spiro atoms. The number of hydrogen-bond donors (Lipinski definition) is 0. The number of allylic oxidation sites excluding steroid dienone is 1. The van der Waals surface area contributed by atoms with Gasteiger partial charge in [0.2, 0.25) is 0 Å². The fourth-order valence-electron chi connectivity index (χ4n) is 1.61. The summed E-state index contributed by atoms with van der Waals surface area (Å²) in [6.45, 7) is 21.7. The van der Waals surface area contributed by atoms with Crippen LogP contribution < -0.4 is 0 Å². The van der Waals surface area contributed by atoms with Crippen LogP contribution in [0, 0.1) is 23.7 Å². The molecule has 0 fully saturated rings. The van der Waals surface area contributed by atoms with Crippen molar-refractivity contribution in [1.82, 2.24) is 0 Å². The first kappa shape index (κ1) is 17.1. The summed E-state index contributed by atoms with van der Waals surface area (Å²) >= 11 is 0. The van der Waals surface area contributed by atoms with Gasteiger partial charge in [0.15, 0.2) is 0 Å². The van der Waals surface area contributed by atoms with E-state index in [0.717, 1.165) is 11.8 Å². The van der Waals surface area contributed by atoms with Gasteiger partial charge in [-0.2, -0.15) is 0 Å². The van der Waals surface area contributed by atoms with Gasteiger partial charge in [0.05, 0.1) is 0 Å². The van der Waals surface area contributed by atoms with Crippen molar-refractivity contribution in [3.05, 3.63) is 12.2 Å². The van der Waals surface area contributed by atoms with Gasteiger partial charge in [-0.05, 0) is 30.1 Å². The molecule has 0 unspecified atom stereocenters. The standard InChI is InChI=1S/C8H16.C7H16/c1-6(2)8(5)7(3)4;1-6(2)5-7(3)4/h6-7H,5H2,1-4H3;6-7H,5H2,1-4H3. The van der Waals surface area contributed by atoms with E-state index in [2.05, 4.69) is 62.0 Å². The molecule has 0 heterocycles. The minimum Gasteiger partial charge on any atom is -0.0993 e. The van der Waals surface area contributed by atoms with Crippen LogP contribution in [-0.4, -0.2) is 0 Å². The lowest BCUT2D eigenvalue weighted by molar-refractivity contribution is 0.469. The summed E-state index contributed by atoms with van der Waals surface area (Å²) in [6.07, 6.45) is 1.36. The van der Waals surface area contributed by atoms with Gasteiger partial charge in [-0.15, -0.1) is 0 Å². The van der Waals surface area contributed by atoms with Crippen molar-refractivity contribution in [3.8, 4) is 0 Å². The van der Waals surface area contributed by atoms with Crippen molar-refractivity contribution in [2.45, 2.75) is 61.8 Å². The zero-order valence-electron chi connectivity index (χ0n) is 12.2. The molecule has 0 heteroatoms. The van der Waals surface area contributed by atoms with Crippen LogP contribution in [0.25, 0.3) is 0 Å². The highest BCUT2D eigenvalue weighted by atomic mass is 14.1. The first-order valence-electron chi connectivity index (χ1n) is 6.37. The topological polar surface area (TPSA) is 0 Å². The van der Waals surface area contributed by atoms with Crippen molar-refractivity contribution in [2.24, 2.45) is 23.7 Å². The zero-order valence-corrected chi connectivity index (χ0v) is 12.2. The lowest BCUT2D eigenvalue weighted by Crippen LogP contribution is -1.99. The fraction of sp³-hybridized carbons (Fsp3) is 0.867. The summed E-state index contributed by atoms with van der Waals surface area (Å²) in [5.74, 6) is 3.05. The molecule has 0 aliphatic heterocycles. The lowest BCUT2D eigenvalue weighted by Gasteiger charge is -2.11. The van der Waals surface area contributed by atoms with E-state index in [1.54, 1.807) is 0 Å². The Morgan fingerprint density at radius 2 is 1.00 bits per heavy atom. The van der Waals surface area contributed by atoms with Crippen LogP contribution in [0.2, 0.25) is 0 Å². The van der Waals surface area contributed by atoms with Crippen LogP contribution in [0.5, 0.6) is 0 Å². The molecule has 0 bridgehead atoms. The molecular formula is C15H32. The summed E-state index contributed by atoms with van der Waals surface area (Å²) < 4.78 is 0. The van der Waals surface area contributed by atoms with Gasteiger partial charge in [-0.1, -0.05) is 67.5 Å². The normalized spacial score (nSPS) is 10.9. The molecule has 0 N–H and O–H groups in total. The predicted octanol–water partition coefficient (Wildman–Crippen LogP) is 5.54. The molecule has 0 nitrogen and oxygen atoms in total. The lowest BCUT2D eigenvalue weighted by atomic mass is 9.95. The van der Waals surface area contributed by atoms with Gasteiger partial charge in [0.1, 0.15) is 0 Å². The Labute approximate surface area is 98.2 Å². The van der Waals surface area contributed by atoms with Crippen LogP contribution in [0.3, 0.4) is 0 Å². The Morgan fingerprint density at radius 1 is 0.733 bits per heavy atom. The second kappa shape index (κ2) is 9.00. The molecule has 15 heavy (non-hydrogen) atoms. The molecule has 0 amide bonds. The number of rotatable bonds is 4. The summed E-state index contributed by atoms with van der Waals surface area (Å²) in [5.41, 5.74) is 1.35. The van der Waals surface area contributed by atoms with E-state index in [4.69, 9.17) is 0 Å². The highest BCUT2D eigenvalue weighted by Gasteiger charge is 2.02. The molecule has 0 aliphatic carbocycles. The van der Waals surface area contributed by atoms with Gasteiger partial charge < -0.3 is 0 Å². The van der Waals surface area contributed by atoms with Gasteiger partial charge in [-0.25, -0.2) is 0 Å². The quantitative estimate of drug-likeness (QED) is 0.536. The fourth-order valence-corrected chi connectivity index (χ4v) is 1.61. The van der Waals surface area contributed by atoms with Gasteiger partial charge in [0, 0.05) is 0 Å². The second-order valence-electron chi connectivity index (χ2n) is 5.91. The van der Waals surface area contributed by atoms with E-state index in [-0.39, 0.29) is 0 Å². The maximum Gasteiger partial charge on any atom is -0.0260 e. The molecule has 0 rings (SSSR count). The maximum atomic E-state index is 3.95. The highest BCUT2D eigenvalue weighted by molar-refractivity contribution is 4.99. The van der Waals surface area contributed by atoms with E-state index >= 15 is 0 Å². The third-order valence-corrected chi connectivity index (χ3v) is 2.43. The van der Waals surface area contributed by atoms with Crippen LogP contribution in [-0.2, 0) is 0 Å². The van der Waals surface area contributed by atoms with Crippen molar-refractivity contribution < 1.29 is 0 Å². The monoisotopic (exact) mass is 212 g/mol. The van der Waals surface area contributed by atoms with Gasteiger partial charge >= 0.3 is 0 Å². The third-order valence-electron chi connectivity index (χ3n) is 2.43. The molecule has 0 aromatic heterocycles. The van der Waals surface area contributed by atoms with Crippen molar-refractivity contribution in [2.75, 3.05) is 0 Å². The summed E-state index contributed by atoms with van der Waals surface area (Å²) in [7, 11) is 0. The van der Waals surface area contributed by atoms with Crippen molar-refractivity contribution in [3.63, 3.8) is 0 Å². The van der Waals surface area contributed by atoms with Crippen LogP contribution in [0.15, 0.2) is 12.2 Å². The molecule has 0 aromatic carbocycles. The predicted molar refractivity (Wildman–Crippen MR) is 73.1 cm³/mol. The summed E-state index contributed by atoms with van der Waals surface area (Å²) in [5, 5.41) is 0. The first-order valence-corrected chi connectivity index (χ1v) is 6.37. The smallest absolute Gasteiger partial charge is 0.0260 e. The van der Waals surface area contributed by atoms with Crippen LogP contribution >= 0.6 is 0 Å². The average molecular weight is 212 g/mol. The Balaban J connectivity index is 0. The second-order valence-corrected chi connectivity index (χ2v) is 5.91. The van der Waals surface area contributed by atoms with E-state index in [9.17, 15) is 0 Å². The van der Waals surface area contributed by atoms with E-state index < -0.39 is 0 Å². The average Bonchev–Trinajstić information content (AvgIpc) is 2.00.